The molecule has 1 saturated carbocycles. The summed E-state index contributed by atoms with van der Waals surface area (Å²) >= 11 is 0. The van der Waals surface area contributed by atoms with Gasteiger partial charge in [-0.05, 0) is 54.7 Å². The van der Waals surface area contributed by atoms with Crippen LogP contribution in [0.5, 0.6) is 5.75 Å². The van der Waals surface area contributed by atoms with Gasteiger partial charge >= 0.3 is 0 Å². The van der Waals surface area contributed by atoms with Crippen molar-refractivity contribution in [1.82, 2.24) is 19.5 Å². The predicted molar refractivity (Wildman–Crippen MR) is 154 cm³/mol. The molecule has 8 rings (SSSR count). The van der Waals surface area contributed by atoms with E-state index in [-0.39, 0.29) is 12.5 Å². The Labute approximate surface area is 236 Å². The van der Waals surface area contributed by atoms with Gasteiger partial charge in [0.2, 0.25) is 0 Å². The second-order valence-electron chi connectivity index (χ2n) is 11.0. The maximum atomic E-state index is 13.8. The number of aliphatic hydroxyl groups excluding tert-OH is 1. The molecule has 2 fully saturated rings. The van der Waals surface area contributed by atoms with Crippen LogP contribution in [0, 0.1) is 0 Å². The van der Waals surface area contributed by atoms with E-state index in [0.717, 1.165) is 33.5 Å². The summed E-state index contributed by atoms with van der Waals surface area (Å²) in [6.07, 6.45) is 8.01. The highest BCUT2D eigenvalue weighted by Crippen LogP contribution is 2.43. The largest absolute Gasteiger partial charge is 0.491 e. The highest BCUT2D eigenvalue weighted by Gasteiger charge is 2.30. The van der Waals surface area contributed by atoms with Crippen LogP contribution in [0.2, 0.25) is 0 Å². The number of nitrogens with zero attached hydrogens (tertiary/aromatic N) is 4. The number of ether oxygens (including phenoxy) is 2. The summed E-state index contributed by atoms with van der Waals surface area (Å²) in [7, 11) is 0. The molecule has 0 atom stereocenters. The van der Waals surface area contributed by atoms with Crippen molar-refractivity contribution in [2.24, 2.45) is 0 Å². The minimum atomic E-state index is -0.243. The predicted octanol–water partition coefficient (Wildman–Crippen LogP) is 5.07. The Morgan fingerprint density at radius 3 is 2.76 bits per heavy atom. The molecule has 206 valence electrons. The van der Waals surface area contributed by atoms with Crippen LogP contribution in [-0.2, 0) is 11.3 Å². The number of nitrogens with one attached hydrogen (secondary N) is 1. The third kappa shape index (κ3) is 4.11. The molecule has 1 saturated heterocycles. The zero-order valence-electron chi connectivity index (χ0n) is 22.4. The van der Waals surface area contributed by atoms with Gasteiger partial charge in [-0.15, -0.1) is 0 Å². The molecule has 5 heterocycles. The number of amides is 1. The lowest BCUT2D eigenvalue weighted by molar-refractivity contribution is -0.0233. The smallest absolute Gasteiger partial charge is 0.262 e. The number of H-pyrrole nitrogens is 1. The molecule has 1 amide bonds. The summed E-state index contributed by atoms with van der Waals surface area (Å²) in [5.41, 5.74) is 7.24. The third-order valence-electron chi connectivity index (χ3n) is 8.43. The molecule has 0 bridgehead atoms. The maximum absolute atomic E-state index is 13.8. The Morgan fingerprint density at radius 1 is 1.05 bits per heavy atom. The van der Waals surface area contributed by atoms with E-state index in [4.69, 9.17) is 14.5 Å². The number of hydrogen-bond donors (Lipinski definition) is 2. The minimum absolute atomic E-state index is 0.130. The van der Waals surface area contributed by atoms with Crippen molar-refractivity contribution in [1.29, 1.82) is 0 Å². The lowest BCUT2D eigenvalue weighted by Gasteiger charge is -2.26. The molecule has 9 heteroatoms. The normalized spacial score (nSPS) is 17.3. The highest BCUT2D eigenvalue weighted by molar-refractivity contribution is 6.09. The zero-order valence-corrected chi connectivity index (χ0v) is 22.4. The number of aromatic nitrogens is 4. The standard InChI is InChI=1S/C32H29N5O4/c38-15-25-22(31-24-13-27(35-26(24)8-9-33-31)28-14-36(18-34-28)21-16-40-17-21)2-1-3-29(25)37-10-11-41-30-12-20(19-4-5-19)6-7-23(30)32(37)39/h1-3,6-9,12-14,18-19,21,35,38H,4-5,10-11,15-17H2. The number of anilines is 1. The number of pyridine rings is 1. The summed E-state index contributed by atoms with van der Waals surface area (Å²) in [6, 6.07) is 16.0. The van der Waals surface area contributed by atoms with E-state index in [9.17, 15) is 9.90 Å². The molecule has 2 aromatic carbocycles. The van der Waals surface area contributed by atoms with Crippen LogP contribution in [0.3, 0.4) is 0 Å². The van der Waals surface area contributed by atoms with E-state index >= 15 is 0 Å². The molecule has 0 radical (unpaired) electrons. The van der Waals surface area contributed by atoms with Crippen LogP contribution in [0.25, 0.3) is 33.5 Å². The minimum Gasteiger partial charge on any atom is -0.491 e. The molecule has 3 aromatic heterocycles. The number of hydrogen-bond acceptors (Lipinski definition) is 6. The molecule has 0 spiro atoms. The highest BCUT2D eigenvalue weighted by atomic mass is 16.5. The van der Waals surface area contributed by atoms with Crippen LogP contribution in [-0.4, -0.2) is 56.9 Å². The fourth-order valence-corrected chi connectivity index (χ4v) is 5.92. The number of aromatic amines is 1. The van der Waals surface area contributed by atoms with E-state index < -0.39 is 0 Å². The number of carbonyl (C=O) groups excluding carboxylic acids is 1. The lowest BCUT2D eigenvalue weighted by atomic mass is 9.99. The van der Waals surface area contributed by atoms with E-state index in [0.29, 0.717) is 60.9 Å². The first kappa shape index (κ1) is 24.3. The van der Waals surface area contributed by atoms with Gasteiger partial charge in [0.25, 0.3) is 5.91 Å². The van der Waals surface area contributed by atoms with Gasteiger partial charge in [-0.3, -0.25) is 9.78 Å². The molecule has 2 N–H and O–H groups in total. The van der Waals surface area contributed by atoms with Gasteiger partial charge in [0.15, 0.2) is 0 Å². The van der Waals surface area contributed by atoms with Crippen molar-refractivity contribution < 1.29 is 19.4 Å². The van der Waals surface area contributed by atoms with Crippen LogP contribution in [0.4, 0.5) is 5.69 Å². The number of aliphatic hydroxyl groups is 1. The lowest BCUT2D eigenvalue weighted by Crippen LogP contribution is -2.33. The van der Waals surface area contributed by atoms with Gasteiger partial charge in [0, 0.05) is 34.4 Å². The Kier molecular flexibility index (Phi) is 5.68. The van der Waals surface area contributed by atoms with Gasteiger partial charge < -0.3 is 29.0 Å². The molecule has 9 nitrogen and oxygen atoms in total. The quantitative estimate of drug-likeness (QED) is 0.307. The average Bonchev–Trinajstić information content (AvgIpc) is 3.60. The number of benzene rings is 2. The van der Waals surface area contributed by atoms with Crippen molar-refractivity contribution in [2.45, 2.75) is 31.4 Å². The summed E-state index contributed by atoms with van der Waals surface area (Å²) in [6.45, 7) is 1.91. The Balaban J connectivity index is 1.18. The molecule has 41 heavy (non-hydrogen) atoms. The number of imidazole rings is 1. The molecule has 2 aliphatic heterocycles. The molecular weight excluding hydrogens is 518 g/mol. The molecule has 0 unspecified atom stereocenters. The van der Waals surface area contributed by atoms with Crippen molar-refractivity contribution in [2.75, 3.05) is 31.3 Å². The van der Waals surface area contributed by atoms with Crippen LogP contribution < -0.4 is 9.64 Å². The fraction of sp³-hybridized carbons (Fsp3) is 0.281. The number of rotatable bonds is 6. The van der Waals surface area contributed by atoms with Crippen LogP contribution >= 0.6 is 0 Å². The monoisotopic (exact) mass is 547 g/mol. The van der Waals surface area contributed by atoms with Crippen molar-refractivity contribution in [3.63, 3.8) is 0 Å². The van der Waals surface area contributed by atoms with E-state index in [1.165, 1.54) is 18.4 Å². The molecule has 1 aliphatic carbocycles. The topological polar surface area (TPSA) is 106 Å². The molecule has 5 aromatic rings. The first-order chi connectivity index (χ1) is 20.2. The Morgan fingerprint density at radius 2 is 1.95 bits per heavy atom. The van der Waals surface area contributed by atoms with E-state index in [1.54, 1.807) is 11.1 Å². The summed E-state index contributed by atoms with van der Waals surface area (Å²) < 4.78 is 13.5. The van der Waals surface area contributed by atoms with Crippen LogP contribution in [0.1, 0.15) is 46.3 Å². The van der Waals surface area contributed by atoms with E-state index in [2.05, 4.69) is 14.5 Å². The van der Waals surface area contributed by atoms with Crippen molar-refractivity contribution in [3.05, 3.63) is 83.9 Å². The van der Waals surface area contributed by atoms with Crippen molar-refractivity contribution >= 4 is 22.5 Å². The summed E-state index contributed by atoms with van der Waals surface area (Å²) in [5.74, 6) is 1.09. The van der Waals surface area contributed by atoms with Crippen LogP contribution in [0.15, 0.2) is 67.3 Å². The SMILES string of the molecule is O=C1c2ccc(C3CC3)cc2OCCN1c1cccc(-c2nccc3[nH]c(-c4cn(C5COC5)cn4)cc23)c1CO. The maximum Gasteiger partial charge on any atom is 0.262 e. The fourth-order valence-electron chi connectivity index (χ4n) is 5.92. The summed E-state index contributed by atoms with van der Waals surface area (Å²) in [5, 5.41) is 11.6. The summed E-state index contributed by atoms with van der Waals surface area (Å²) in [4.78, 5) is 28.4. The Hall–Kier alpha value is -4.47. The second kappa shape index (κ2) is 9.57. The first-order valence-corrected chi connectivity index (χ1v) is 14.1. The van der Waals surface area contributed by atoms with Gasteiger partial charge in [0.1, 0.15) is 18.1 Å². The molecular formula is C32H29N5O4. The van der Waals surface area contributed by atoms with E-state index in [1.807, 2.05) is 61.1 Å². The Bertz CT molecular complexity index is 1800. The first-order valence-electron chi connectivity index (χ1n) is 14.1. The zero-order chi connectivity index (χ0) is 27.5. The average molecular weight is 548 g/mol. The second-order valence-corrected chi connectivity index (χ2v) is 11.0. The van der Waals surface area contributed by atoms with Gasteiger partial charge in [-0.25, -0.2) is 4.98 Å². The number of fused-ring (bicyclic) bond motifs is 2. The van der Waals surface area contributed by atoms with Gasteiger partial charge in [0.05, 0.1) is 61.4 Å². The number of carbonyl (C=O) groups is 1. The third-order valence-corrected chi connectivity index (χ3v) is 8.43. The van der Waals surface area contributed by atoms with Gasteiger partial charge in [-0.1, -0.05) is 18.2 Å². The molecule has 3 aliphatic rings. The van der Waals surface area contributed by atoms with Gasteiger partial charge in [-0.2, -0.15) is 0 Å². The van der Waals surface area contributed by atoms with Crippen molar-refractivity contribution in [3.8, 4) is 28.4 Å².